The van der Waals surface area contributed by atoms with Crippen molar-refractivity contribution in [2.45, 2.75) is 46.1 Å². The predicted molar refractivity (Wildman–Crippen MR) is 112 cm³/mol. The molecule has 0 atom stereocenters. The summed E-state index contributed by atoms with van der Waals surface area (Å²) in [6, 6.07) is 12.2. The third-order valence-corrected chi connectivity index (χ3v) is 4.71. The van der Waals surface area contributed by atoms with E-state index in [9.17, 15) is 5.11 Å². The van der Waals surface area contributed by atoms with Gasteiger partial charge in [-0.15, -0.1) is 0 Å². The van der Waals surface area contributed by atoms with E-state index < -0.39 is 0 Å². The Hall–Kier alpha value is -2.20. The van der Waals surface area contributed by atoms with Crippen molar-refractivity contribution in [3.05, 3.63) is 53.1 Å². The molecule has 0 bridgehead atoms. The van der Waals surface area contributed by atoms with Crippen LogP contribution in [0, 0.1) is 6.92 Å². The molecule has 0 fully saturated rings. The molecule has 0 aliphatic rings. The van der Waals surface area contributed by atoms with Gasteiger partial charge in [-0.2, -0.15) is 0 Å². The molecule has 0 aliphatic carbocycles. The second kappa shape index (κ2) is 9.14. The number of hydrogen-bond donors (Lipinski definition) is 1. The molecule has 1 N–H and O–H groups in total. The van der Waals surface area contributed by atoms with Crippen molar-refractivity contribution in [1.29, 1.82) is 0 Å². The lowest BCUT2D eigenvalue weighted by molar-refractivity contribution is 0.196. The highest BCUT2D eigenvalue weighted by atomic mass is 16.5. The minimum absolute atomic E-state index is 0.131. The summed E-state index contributed by atoms with van der Waals surface area (Å²) in [5, 5.41) is 11.1. The molecule has 0 heterocycles. The van der Waals surface area contributed by atoms with E-state index in [0.717, 1.165) is 41.1 Å². The van der Waals surface area contributed by atoms with E-state index in [1.54, 1.807) is 14.2 Å². The fourth-order valence-electron chi connectivity index (χ4n) is 3.30. The Balaban J connectivity index is 2.46. The van der Waals surface area contributed by atoms with Crippen molar-refractivity contribution in [2.24, 2.45) is 0 Å². The number of methoxy groups -OCH3 is 2. The molecule has 0 spiro atoms. The normalized spacial score (nSPS) is 11.5. The van der Waals surface area contributed by atoms with E-state index in [1.165, 1.54) is 0 Å². The van der Waals surface area contributed by atoms with E-state index in [4.69, 9.17) is 9.47 Å². The average Bonchev–Trinajstić information content (AvgIpc) is 2.62. The maximum Gasteiger partial charge on any atom is 0.142 e. The maximum absolute atomic E-state index is 11.1. The zero-order chi connectivity index (χ0) is 20.0. The Morgan fingerprint density at radius 1 is 1.07 bits per heavy atom. The first kappa shape index (κ1) is 21.1. The number of aryl methyl sites for hydroxylation is 1. The van der Waals surface area contributed by atoms with Crippen LogP contribution in [0.15, 0.2) is 36.4 Å². The zero-order valence-corrected chi connectivity index (χ0v) is 17.5. The number of para-hydroxylation sites is 1. The van der Waals surface area contributed by atoms with E-state index in [2.05, 4.69) is 50.8 Å². The molecule has 2 aromatic carbocycles. The largest absolute Gasteiger partial charge is 0.505 e. The van der Waals surface area contributed by atoms with Crippen molar-refractivity contribution in [3.63, 3.8) is 0 Å². The van der Waals surface area contributed by atoms with Crippen LogP contribution in [-0.2, 0) is 16.7 Å². The molecule has 4 nitrogen and oxygen atoms in total. The van der Waals surface area contributed by atoms with E-state index >= 15 is 0 Å². The molecule has 0 amide bonds. The van der Waals surface area contributed by atoms with Crippen molar-refractivity contribution in [2.75, 3.05) is 32.3 Å². The van der Waals surface area contributed by atoms with Gasteiger partial charge in [0.05, 0.1) is 12.8 Å². The Morgan fingerprint density at radius 3 is 2.41 bits per heavy atom. The van der Waals surface area contributed by atoms with Crippen molar-refractivity contribution in [1.82, 2.24) is 0 Å². The number of anilines is 1. The second-order valence-electron chi connectivity index (χ2n) is 8.01. The van der Waals surface area contributed by atoms with Crippen LogP contribution in [-0.4, -0.2) is 32.5 Å². The first-order valence-corrected chi connectivity index (χ1v) is 9.47. The predicted octanol–water partition coefficient (Wildman–Crippen LogP) is 5.05. The summed E-state index contributed by atoms with van der Waals surface area (Å²) in [5.74, 6) is 1.22. The van der Waals surface area contributed by atoms with Crippen LogP contribution >= 0.6 is 0 Å². The lowest BCUT2D eigenvalue weighted by atomic mass is 9.85. The molecule has 0 saturated carbocycles. The van der Waals surface area contributed by atoms with Crippen molar-refractivity contribution in [3.8, 4) is 11.5 Å². The van der Waals surface area contributed by atoms with Crippen molar-refractivity contribution < 1.29 is 14.6 Å². The van der Waals surface area contributed by atoms with Gasteiger partial charge >= 0.3 is 0 Å². The smallest absolute Gasteiger partial charge is 0.142 e. The molecule has 0 radical (unpaired) electrons. The SMILES string of the molecule is COCCCN(Cc1ccccc1OC)c1cc(C)cc(C(C)(C)C)c1O. The van der Waals surface area contributed by atoms with Crippen LogP contribution in [0.2, 0.25) is 0 Å². The number of phenols is 1. The van der Waals surface area contributed by atoms with Crippen LogP contribution < -0.4 is 9.64 Å². The Morgan fingerprint density at radius 2 is 1.78 bits per heavy atom. The van der Waals surface area contributed by atoms with Gasteiger partial charge in [0, 0.05) is 37.9 Å². The number of hydrogen-bond acceptors (Lipinski definition) is 4. The minimum Gasteiger partial charge on any atom is -0.505 e. The molecule has 148 valence electrons. The molecule has 0 unspecified atom stereocenters. The highest BCUT2D eigenvalue weighted by Crippen LogP contribution is 2.40. The molecule has 4 heteroatoms. The van der Waals surface area contributed by atoms with Crippen LogP contribution in [0.3, 0.4) is 0 Å². The monoisotopic (exact) mass is 371 g/mol. The lowest BCUT2D eigenvalue weighted by Gasteiger charge is -2.30. The Bertz CT molecular complexity index is 750. The van der Waals surface area contributed by atoms with E-state index in [-0.39, 0.29) is 5.41 Å². The molecule has 0 aromatic heterocycles. The van der Waals surface area contributed by atoms with Crippen molar-refractivity contribution >= 4 is 5.69 Å². The first-order chi connectivity index (χ1) is 12.8. The summed E-state index contributed by atoms with van der Waals surface area (Å²) < 4.78 is 10.8. The fraction of sp³-hybridized carbons (Fsp3) is 0.478. The summed E-state index contributed by atoms with van der Waals surface area (Å²) in [7, 11) is 3.41. The first-order valence-electron chi connectivity index (χ1n) is 9.47. The van der Waals surface area contributed by atoms with Gasteiger partial charge in [-0.3, -0.25) is 0 Å². The molecule has 0 aliphatic heterocycles. The topological polar surface area (TPSA) is 41.9 Å². The molecular weight excluding hydrogens is 338 g/mol. The lowest BCUT2D eigenvalue weighted by Crippen LogP contribution is -2.26. The third kappa shape index (κ3) is 5.39. The van der Waals surface area contributed by atoms with Gasteiger partial charge in [0.15, 0.2) is 0 Å². The summed E-state index contributed by atoms with van der Waals surface area (Å²) in [6.45, 7) is 10.6. The average molecular weight is 372 g/mol. The number of rotatable bonds is 8. The number of ether oxygens (including phenoxy) is 2. The summed E-state index contributed by atoms with van der Waals surface area (Å²) in [5.41, 5.74) is 3.93. The minimum atomic E-state index is -0.131. The molecule has 27 heavy (non-hydrogen) atoms. The summed E-state index contributed by atoms with van der Waals surface area (Å²) in [4.78, 5) is 2.22. The van der Waals surface area contributed by atoms with Crippen LogP contribution in [0.5, 0.6) is 11.5 Å². The standard InChI is InChI=1S/C23H33NO3/c1-17-14-19(23(2,3)4)22(25)20(15-17)24(12-9-13-26-5)16-18-10-7-8-11-21(18)27-6/h7-8,10-11,14-15,25H,9,12-13,16H2,1-6H3. The summed E-state index contributed by atoms with van der Waals surface area (Å²) in [6.07, 6.45) is 0.879. The van der Waals surface area contributed by atoms with Crippen LogP contribution in [0.4, 0.5) is 5.69 Å². The number of nitrogens with zero attached hydrogens (tertiary/aromatic N) is 1. The van der Waals surface area contributed by atoms with Gasteiger partial charge in [-0.25, -0.2) is 0 Å². The van der Waals surface area contributed by atoms with Gasteiger partial charge < -0.3 is 19.5 Å². The van der Waals surface area contributed by atoms with Gasteiger partial charge in [0.1, 0.15) is 11.5 Å². The van der Waals surface area contributed by atoms with Gasteiger partial charge in [0.2, 0.25) is 0 Å². The van der Waals surface area contributed by atoms with Gasteiger partial charge in [-0.05, 0) is 36.5 Å². The quantitative estimate of drug-likeness (QED) is 0.659. The highest BCUT2D eigenvalue weighted by molar-refractivity contribution is 5.64. The zero-order valence-electron chi connectivity index (χ0n) is 17.5. The van der Waals surface area contributed by atoms with Gasteiger partial charge in [-0.1, -0.05) is 45.0 Å². The maximum atomic E-state index is 11.1. The van der Waals surface area contributed by atoms with Gasteiger partial charge in [0.25, 0.3) is 0 Å². The molecule has 2 aromatic rings. The second-order valence-corrected chi connectivity index (χ2v) is 8.01. The fourth-order valence-corrected chi connectivity index (χ4v) is 3.30. The van der Waals surface area contributed by atoms with E-state index in [0.29, 0.717) is 18.9 Å². The number of aromatic hydroxyl groups is 1. The van der Waals surface area contributed by atoms with Crippen LogP contribution in [0.1, 0.15) is 43.9 Å². The Labute approximate surface area is 163 Å². The molecule has 0 saturated heterocycles. The van der Waals surface area contributed by atoms with Crippen LogP contribution in [0.25, 0.3) is 0 Å². The number of phenolic OH excluding ortho intramolecular Hbond substituents is 1. The highest BCUT2D eigenvalue weighted by Gasteiger charge is 2.23. The third-order valence-electron chi connectivity index (χ3n) is 4.71. The molecule has 2 rings (SSSR count). The number of benzene rings is 2. The van der Waals surface area contributed by atoms with E-state index in [1.807, 2.05) is 18.2 Å². The Kier molecular flexibility index (Phi) is 7.14. The summed E-state index contributed by atoms with van der Waals surface area (Å²) >= 11 is 0. The molecular formula is C23H33NO3.